The molecule has 0 atom stereocenters. The van der Waals surface area contributed by atoms with Crippen LogP contribution in [0.1, 0.15) is 14.5 Å². The number of halogens is 2. The van der Waals surface area contributed by atoms with Gasteiger partial charge in [-0.2, -0.15) is 0 Å². The fourth-order valence-corrected chi connectivity index (χ4v) is 2.43. The summed E-state index contributed by atoms with van der Waals surface area (Å²) in [5.41, 5.74) is 0.523. The van der Waals surface area contributed by atoms with Gasteiger partial charge in [0, 0.05) is 9.90 Å². The second-order valence-corrected chi connectivity index (χ2v) is 5.62. The Morgan fingerprint density at radius 2 is 2.00 bits per heavy atom. The van der Waals surface area contributed by atoms with Gasteiger partial charge < -0.3 is 5.32 Å². The van der Waals surface area contributed by atoms with Crippen molar-refractivity contribution in [1.82, 2.24) is 0 Å². The number of nitrogens with one attached hydrogen (secondary N) is 1. The predicted molar refractivity (Wildman–Crippen MR) is 73.5 cm³/mol. The maximum absolute atomic E-state index is 11.9. The standard InChI is InChI=1S/C12H9Cl2NOS/c1-7-2-5-11(17-7)12(16)15-10-6-8(13)3-4-9(10)14/h2-6H,1H3,(H,15,16). The molecule has 0 aliphatic carbocycles. The first-order valence-corrected chi connectivity index (χ1v) is 6.46. The number of anilines is 1. The molecule has 2 nitrogen and oxygen atoms in total. The number of carbonyl (C=O) groups excluding carboxylic acids is 1. The summed E-state index contributed by atoms with van der Waals surface area (Å²) in [6.07, 6.45) is 0. The largest absolute Gasteiger partial charge is 0.320 e. The number of rotatable bonds is 2. The van der Waals surface area contributed by atoms with Gasteiger partial charge in [-0.25, -0.2) is 0 Å². The average Bonchev–Trinajstić information content (AvgIpc) is 2.70. The van der Waals surface area contributed by atoms with Crippen molar-refractivity contribution in [2.24, 2.45) is 0 Å². The lowest BCUT2D eigenvalue weighted by Crippen LogP contribution is -2.10. The quantitative estimate of drug-likeness (QED) is 0.857. The van der Waals surface area contributed by atoms with Crippen molar-refractivity contribution in [2.45, 2.75) is 6.92 Å². The van der Waals surface area contributed by atoms with E-state index in [4.69, 9.17) is 23.2 Å². The fraction of sp³-hybridized carbons (Fsp3) is 0.0833. The second-order valence-electron chi connectivity index (χ2n) is 3.49. The number of amides is 1. The van der Waals surface area contributed by atoms with Crippen molar-refractivity contribution in [3.8, 4) is 0 Å². The summed E-state index contributed by atoms with van der Waals surface area (Å²) >= 11 is 13.2. The molecule has 5 heteroatoms. The topological polar surface area (TPSA) is 29.1 Å². The molecule has 0 aliphatic rings. The van der Waals surface area contributed by atoms with E-state index in [-0.39, 0.29) is 5.91 Å². The summed E-state index contributed by atoms with van der Waals surface area (Å²) in [7, 11) is 0. The van der Waals surface area contributed by atoms with Crippen molar-refractivity contribution in [2.75, 3.05) is 5.32 Å². The smallest absolute Gasteiger partial charge is 0.265 e. The van der Waals surface area contributed by atoms with E-state index in [0.29, 0.717) is 20.6 Å². The summed E-state index contributed by atoms with van der Waals surface area (Å²) < 4.78 is 0. The van der Waals surface area contributed by atoms with Crippen LogP contribution >= 0.6 is 34.5 Å². The highest BCUT2D eigenvalue weighted by Gasteiger charge is 2.10. The van der Waals surface area contributed by atoms with Crippen LogP contribution in [0.4, 0.5) is 5.69 Å². The second kappa shape index (κ2) is 5.08. The third-order valence-corrected chi connectivity index (χ3v) is 3.70. The lowest BCUT2D eigenvalue weighted by atomic mass is 10.3. The van der Waals surface area contributed by atoms with E-state index < -0.39 is 0 Å². The van der Waals surface area contributed by atoms with Crippen LogP contribution in [0.15, 0.2) is 30.3 Å². The molecule has 17 heavy (non-hydrogen) atoms. The van der Waals surface area contributed by atoms with Crippen LogP contribution < -0.4 is 5.32 Å². The third kappa shape index (κ3) is 3.00. The predicted octanol–water partition coefficient (Wildman–Crippen LogP) is 4.62. The van der Waals surface area contributed by atoms with Crippen molar-refractivity contribution in [3.63, 3.8) is 0 Å². The SMILES string of the molecule is Cc1ccc(C(=O)Nc2cc(Cl)ccc2Cl)s1. The Hall–Kier alpha value is -1.03. The maximum Gasteiger partial charge on any atom is 0.265 e. The van der Waals surface area contributed by atoms with Gasteiger partial charge in [-0.3, -0.25) is 4.79 Å². The molecule has 1 N–H and O–H groups in total. The molecule has 1 aromatic carbocycles. The zero-order valence-electron chi connectivity index (χ0n) is 8.96. The highest BCUT2D eigenvalue weighted by molar-refractivity contribution is 7.14. The van der Waals surface area contributed by atoms with Crippen LogP contribution in [0.3, 0.4) is 0 Å². The minimum absolute atomic E-state index is 0.174. The molecule has 1 amide bonds. The summed E-state index contributed by atoms with van der Waals surface area (Å²) in [5, 5.41) is 3.74. The first-order valence-electron chi connectivity index (χ1n) is 4.89. The number of thiophene rings is 1. The molecule has 0 bridgehead atoms. The molecule has 0 saturated carbocycles. The van der Waals surface area contributed by atoms with Crippen LogP contribution in [-0.2, 0) is 0 Å². The van der Waals surface area contributed by atoms with Gasteiger partial charge in [-0.05, 0) is 37.3 Å². The zero-order valence-corrected chi connectivity index (χ0v) is 11.3. The van der Waals surface area contributed by atoms with Gasteiger partial charge in [0.1, 0.15) is 0 Å². The molecule has 0 aliphatic heterocycles. The normalized spacial score (nSPS) is 10.3. The Kier molecular flexibility index (Phi) is 3.72. The number of hydrogen-bond acceptors (Lipinski definition) is 2. The Morgan fingerprint density at radius 3 is 2.65 bits per heavy atom. The van der Waals surface area contributed by atoms with Gasteiger partial charge in [0.05, 0.1) is 15.6 Å². The molecule has 0 unspecified atom stereocenters. The average molecular weight is 286 g/mol. The van der Waals surface area contributed by atoms with Crippen LogP contribution in [0, 0.1) is 6.92 Å². The maximum atomic E-state index is 11.9. The van der Waals surface area contributed by atoms with Crippen molar-refractivity contribution in [1.29, 1.82) is 0 Å². The highest BCUT2D eigenvalue weighted by atomic mass is 35.5. The van der Waals surface area contributed by atoms with E-state index in [2.05, 4.69) is 5.32 Å². The Labute approximate surface area is 113 Å². The van der Waals surface area contributed by atoms with E-state index in [0.717, 1.165) is 4.88 Å². The summed E-state index contributed by atoms with van der Waals surface area (Å²) in [6, 6.07) is 8.64. The van der Waals surface area contributed by atoms with E-state index in [9.17, 15) is 4.79 Å². The molecule has 0 spiro atoms. The molecule has 0 fully saturated rings. The van der Waals surface area contributed by atoms with E-state index in [1.807, 2.05) is 13.0 Å². The molecule has 0 radical (unpaired) electrons. The number of benzene rings is 1. The number of carbonyl (C=O) groups is 1. The number of hydrogen-bond donors (Lipinski definition) is 1. The van der Waals surface area contributed by atoms with Crippen LogP contribution in [0.25, 0.3) is 0 Å². The number of aryl methyl sites for hydroxylation is 1. The summed E-state index contributed by atoms with van der Waals surface area (Å²) in [5.74, 6) is -0.174. The summed E-state index contributed by atoms with van der Waals surface area (Å²) in [4.78, 5) is 13.6. The lowest BCUT2D eigenvalue weighted by molar-refractivity contribution is 0.103. The summed E-state index contributed by atoms with van der Waals surface area (Å²) in [6.45, 7) is 1.95. The van der Waals surface area contributed by atoms with Crippen molar-refractivity contribution >= 4 is 46.1 Å². The van der Waals surface area contributed by atoms with Crippen LogP contribution in [-0.4, -0.2) is 5.91 Å². The first kappa shape index (κ1) is 12.4. The van der Waals surface area contributed by atoms with Crippen LogP contribution in [0.2, 0.25) is 10.0 Å². The van der Waals surface area contributed by atoms with Gasteiger partial charge in [0.2, 0.25) is 0 Å². The molecule has 1 heterocycles. The highest BCUT2D eigenvalue weighted by Crippen LogP contribution is 2.26. The van der Waals surface area contributed by atoms with Crippen molar-refractivity contribution in [3.05, 3.63) is 50.1 Å². The fourth-order valence-electron chi connectivity index (χ4n) is 1.33. The van der Waals surface area contributed by atoms with Gasteiger partial charge in [-0.1, -0.05) is 23.2 Å². The third-order valence-electron chi connectivity index (χ3n) is 2.14. The Balaban J connectivity index is 2.21. The zero-order chi connectivity index (χ0) is 12.4. The minimum atomic E-state index is -0.174. The van der Waals surface area contributed by atoms with Gasteiger partial charge in [-0.15, -0.1) is 11.3 Å². The molecule has 1 aromatic heterocycles. The van der Waals surface area contributed by atoms with E-state index in [1.54, 1.807) is 24.3 Å². The minimum Gasteiger partial charge on any atom is -0.320 e. The van der Waals surface area contributed by atoms with Crippen LogP contribution in [0.5, 0.6) is 0 Å². The van der Waals surface area contributed by atoms with Crippen molar-refractivity contribution < 1.29 is 4.79 Å². The van der Waals surface area contributed by atoms with Gasteiger partial charge >= 0.3 is 0 Å². The lowest BCUT2D eigenvalue weighted by Gasteiger charge is -2.06. The molecule has 2 aromatic rings. The molecule has 88 valence electrons. The monoisotopic (exact) mass is 285 g/mol. The molecular formula is C12H9Cl2NOS. The molecular weight excluding hydrogens is 277 g/mol. The van der Waals surface area contributed by atoms with Gasteiger partial charge in [0.15, 0.2) is 0 Å². The Morgan fingerprint density at radius 1 is 1.24 bits per heavy atom. The molecule has 2 rings (SSSR count). The Bertz CT molecular complexity index is 565. The van der Waals surface area contributed by atoms with E-state index >= 15 is 0 Å². The van der Waals surface area contributed by atoms with E-state index in [1.165, 1.54) is 11.3 Å². The first-order chi connectivity index (χ1) is 8.06. The molecule has 0 saturated heterocycles. The van der Waals surface area contributed by atoms with Gasteiger partial charge in [0.25, 0.3) is 5.91 Å².